The molecule has 1 atom stereocenters. The van der Waals surface area contributed by atoms with E-state index in [1.54, 1.807) is 0 Å². The van der Waals surface area contributed by atoms with Crippen LogP contribution in [-0.2, 0) is 0 Å². The van der Waals surface area contributed by atoms with E-state index in [9.17, 15) is 0 Å². The minimum atomic E-state index is 0.766. The summed E-state index contributed by atoms with van der Waals surface area (Å²) in [5, 5.41) is 3.58. The summed E-state index contributed by atoms with van der Waals surface area (Å²) in [6.45, 7) is 5.17. The lowest BCUT2D eigenvalue weighted by atomic mass is 10.3. The molecule has 70 valence electrons. The lowest BCUT2D eigenvalue weighted by molar-refractivity contribution is 0.301. The molecule has 0 amide bonds. The van der Waals surface area contributed by atoms with Crippen LogP contribution in [0.5, 0.6) is 0 Å². The summed E-state index contributed by atoms with van der Waals surface area (Å²) in [4.78, 5) is 2.60. The molecule has 2 nitrogen and oxygen atoms in total. The van der Waals surface area contributed by atoms with E-state index >= 15 is 0 Å². The largest absolute Gasteiger partial charge is 0.311 e. The number of rotatable bonds is 2. The van der Waals surface area contributed by atoms with Crippen LogP contribution >= 0.6 is 11.8 Å². The highest BCUT2D eigenvalue weighted by Crippen LogP contribution is 2.12. The number of nitrogens with zero attached hydrogens (tertiary/aromatic N) is 1. The first-order valence-corrected chi connectivity index (χ1v) is 6.14. The van der Waals surface area contributed by atoms with E-state index in [0.717, 1.165) is 6.04 Å². The van der Waals surface area contributed by atoms with Gasteiger partial charge in [0.15, 0.2) is 0 Å². The first-order chi connectivity index (χ1) is 5.95. The van der Waals surface area contributed by atoms with Crippen LogP contribution in [0, 0.1) is 0 Å². The van der Waals surface area contributed by atoms with Gasteiger partial charge in [-0.25, -0.2) is 0 Å². The van der Waals surface area contributed by atoms with Crippen molar-refractivity contribution < 1.29 is 0 Å². The van der Waals surface area contributed by atoms with Gasteiger partial charge in [-0.2, -0.15) is 11.8 Å². The van der Waals surface area contributed by atoms with Crippen molar-refractivity contribution in [1.82, 2.24) is 10.2 Å². The highest BCUT2D eigenvalue weighted by Gasteiger charge is 2.18. The Morgan fingerprint density at radius 1 is 1.33 bits per heavy atom. The molecule has 0 aliphatic carbocycles. The molecule has 0 unspecified atom stereocenters. The minimum Gasteiger partial charge on any atom is -0.311 e. The Labute approximate surface area is 79.1 Å². The molecule has 2 saturated heterocycles. The van der Waals surface area contributed by atoms with E-state index in [1.807, 2.05) is 0 Å². The van der Waals surface area contributed by atoms with Gasteiger partial charge < -0.3 is 10.2 Å². The molecule has 0 bridgehead atoms. The van der Waals surface area contributed by atoms with Gasteiger partial charge in [0.2, 0.25) is 0 Å². The van der Waals surface area contributed by atoms with Gasteiger partial charge in [0, 0.05) is 30.6 Å². The number of nitrogens with one attached hydrogen (secondary N) is 1. The fourth-order valence-corrected chi connectivity index (χ4v) is 2.95. The van der Waals surface area contributed by atoms with Gasteiger partial charge in [-0.1, -0.05) is 0 Å². The van der Waals surface area contributed by atoms with Crippen molar-refractivity contribution >= 4 is 11.8 Å². The van der Waals surface area contributed by atoms with Crippen molar-refractivity contribution in [3.8, 4) is 0 Å². The van der Waals surface area contributed by atoms with E-state index in [2.05, 4.69) is 22.0 Å². The molecular weight excluding hydrogens is 168 g/mol. The summed E-state index contributed by atoms with van der Waals surface area (Å²) in [5.74, 6) is 2.62. The smallest absolute Gasteiger partial charge is 0.0285 e. The molecule has 0 radical (unpaired) electrons. The van der Waals surface area contributed by atoms with Crippen molar-refractivity contribution in [2.45, 2.75) is 18.9 Å². The van der Waals surface area contributed by atoms with Gasteiger partial charge in [-0.3, -0.25) is 0 Å². The van der Waals surface area contributed by atoms with Gasteiger partial charge in [0.1, 0.15) is 0 Å². The summed E-state index contributed by atoms with van der Waals surface area (Å²) in [6.07, 6.45) is 2.83. The number of likely N-dealkylation sites (tertiary alicyclic amines) is 1. The zero-order chi connectivity index (χ0) is 8.23. The van der Waals surface area contributed by atoms with Crippen LogP contribution in [0.3, 0.4) is 0 Å². The zero-order valence-corrected chi connectivity index (χ0v) is 8.41. The Morgan fingerprint density at radius 3 is 2.83 bits per heavy atom. The molecule has 0 spiro atoms. The molecule has 2 aliphatic heterocycles. The predicted octanol–water partition coefficient (Wildman–Crippen LogP) is 0.787. The summed E-state index contributed by atoms with van der Waals surface area (Å²) in [5.41, 5.74) is 0. The van der Waals surface area contributed by atoms with Crippen molar-refractivity contribution in [2.24, 2.45) is 0 Å². The third kappa shape index (κ3) is 2.38. The molecule has 2 rings (SSSR count). The van der Waals surface area contributed by atoms with E-state index in [-0.39, 0.29) is 0 Å². The van der Waals surface area contributed by atoms with Crippen LogP contribution in [0.1, 0.15) is 12.8 Å². The van der Waals surface area contributed by atoms with Gasteiger partial charge in [-0.15, -0.1) is 0 Å². The molecule has 12 heavy (non-hydrogen) atoms. The highest BCUT2D eigenvalue weighted by molar-refractivity contribution is 7.99. The van der Waals surface area contributed by atoms with E-state index in [4.69, 9.17) is 0 Å². The Hall–Kier alpha value is 0.270. The van der Waals surface area contributed by atoms with Gasteiger partial charge in [-0.05, 0) is 25.9 Å². The third-order valence-corrected chi connectivity index (χ3v) is 3.81. The van der Waals surface area contributed by atoms with Gasteiger partial charge in [0.05, 0.1) is 0 Å². The van der Waals surface area contributed by atoms with Crippen molar-refractivity contribution in [2.75, 3.05) is 37.7 Å². The molecule has 0 aromatic carbocycles. The topological polar surface area (TPSA) is 15.3 Å². The number of hydrogen-bond acceptors (Lipinski definition) is 3. The van der Waals surface area contributed by atoms with Crippen LogP contribution < -0.4 is 5.32 Å². The normalized spacial score (nSPS) is 32.5. The van der Waals surface area contributed by atoms with Crippen molar-refractivity contribution in [3.63, 3.8) is 0 Å². The van der Waals surface area contributed by atoms with Crippen molar-refractivity contribution in [1.29, 1.82) is 0 Å². The van der Waals surface area contributed by atoms with Crippen LogP contribution in [0.15, 0.2) is 0 Å². The molecule has 0 aromatic heterocycles. The summed E-state index contributed by atoms with van der Waals surface area (Å²) in [6, 6.07) is 0.766. The maximum Gasteiger partial charge on any atom is 0.0285 e. The molecule has 2 fully saturated rings. The second-order valence-electron chi connectivity index (χ2n) is 3.73. The molecule has 3 heteroatoms. The Bertz CT molecular complexity index is 128. The summed E-state index contributed by atoms with van der Waals surface area (Å²) >= 11 is 2.10. The van der Waals surface area contributed by atoms with Crippen LogP contribution in [0.2, 0.25) is 0 Å². The first-order valence-electron chi connectivity index (χ1n) is 4.98. The quantitative estimate of drug-likeness (QED) is 0.686. The molecule has 0 aromatic rings. The average molecular weight is 186 g/mol. The summed E-state index contributed by atoms with van der Waals surface area (Å²) < 4.78 is 0. The van der Waals surface area contributed by atoms with E-state index in [0.29, 0.717) is 0 Å². The Kier molecular flexibility index (Phi) is 3.31. The molecule has 2 heterocycles. The van der Waals surface area contributed by atoms with Crippen molar-refractivity contribution in [3.05, 3.63) is 0 Å². The van der Waals surface area contributed by atoms with Crippen LogP contribution in [0.4, 0.5) is 0 Å². The molecule has 0 saturated carbocycles. The zero-order valence-electron chi connectivity index (χ0n) is 7.59. The minimum absolute atomic E-state index is 0.766. The standard InChI is InChI=1S/C9H18N2S/c1-2-5-11(4-1)7-9-8-12-6-3-10-9/h9-10H,1-8H2/t9-/m0/s1. The maximum atomic E-state index is 3.58. The van der Waals surface area contributed by atoms with Gasteiger partial charge in [0.25, 0.3) is 0 Å². The second-order valence-corrected chi connectivity index (χ2v) is 4.88. The Balaban J connectivity index is 1.69. The number of thioether (sulfide) groups is 1. The highest BCUT2D eigenvalue weighted by atomic mass is 32.2. The first kappa shape index (κ1) is 8.85. The fraction of sp³-hybridized carbons (Fsp3) is 1.00. The van der Waals surface area contributed by atoms with Gasteiger partial charge >= 0.3 is 0 Å². The van der Waals surface area contributed by atoms with E-state index in [1.165, 1.54) is 50.5 Å². The molecule has 2 aliphatic rings. The number of hydrogen-bond donors (Lipinski definition) is 1. The Morgan fingerprint density at radius 2 is 2.17 bits per heavy atom. The average Bonchev–Trinajstić information content (AvgIpc) is 2.59. The van der Waals surface area contributed by atoms with Crippen LogP contribution in [0.25, 0.3) is 0 Å². The van der Waals surface area contributed by atoms with Crippen LogP contribution in [-0.4, -0.2) is 48.6 Å². The fourth-order valence-electron chi connectivity index (χ4n) is 2.01. The SMILES string of the molecule is C1CCN(C[C@H]2CSCCN2)C1. The monoisotopic (exact) mass is 186 g/mol. The lowest BCUT2D eigenvalue weighted by Crippen LogP contribution is -2.45. The summed E-state index contributed by atoms with van der Waals surface area (Å²) in [7, 11) is 0. The second kappa shape index (κ2) is 4.49. The molecule has 1 N–H and O–H groups in total. The maximum absolute atomic E-state index is 3.58. The lowest BCUT2D eigenvalue weighted by Gasteiger charge is -2.27. The third-order valence-electron chi connectivity index (χ3n) is 2.68. The predicted molar refractivity (Wildman–Crippen MR) is 54.8 cm³/mol. The van der Waals surface area contributed by atoms with E-state index < -0.39 is 0 Å². The molecular formula is C9H18N2S.